The summed E-state index contributed by atoms with van der Waals surface area (Å²) in [7, 11) is 0. The van der Waals surface area contributed by atoms with Gasteiger partial charge in [0.25, 0.3) is 0 Å². The fourth-order valence-corrected chi connectivity index (χ4v) is 1.82. The molecule has 1 heterocycles. The molecule has 1 rings (SSSR count). The molecule has 1 unspecified atom stereocenters. The maximum absolute atomic E-state index is 11.5. The van der Waals surface area contributed by atoms with Gasteiger partial charge in [-0.25, -0.2) is 0 Å². The van der Waals surface area contributed by atoms with Crippen molar-refractivity contribution in [2.24, 2.45) is 0 Å². The largest absolute Gasteiger partial charge is 0.300 e. The van der Waals surface area contributed by atoms with Crippen molar-refractivity contribution in [2.75, 3.05) is 0 Å². The molecule has 0 radical (unpaired) electrons. The van der Waals surface area contributed by atoms with E-state index in [0.29, 0.717) is 18.6 Å². The molecule has 0 spiro atoms. The van der Waals surface area contributed by atoms with Crippen LogP contribution in [0, 0.1) is 0 Å². The Hall–Kier alpha value is -1.19. The van der Waals surface area contributed by atoms with E-state index in [1.54, 1.807) is 6.20 Å². The number of hydrogen-bond acceptors (Lipinski definition) is 3. The zero-order chi connectivity index (χ0) is 11.8. The second kappa shape index (κ2) is 7.14. The Balaban J connectivity index is 2.52. The van der Waals surface area contributed by atoms with Gasteiger partial charge in [0.15, 0.2) is 0 Å². The Morgan fingerprint density at radius 1 is 1.44 bits per heavy atom. The highest BCUT2D eigenvalue weighted by atomic mass is 16.1. The zero-order valence-corrected chi connectivity index (χ0v) is 10.2. The van der Waals surface area contributed by atoms with Crippen LogP contribution in [0.4, 0.5) is 0 Å². The van der Waals surface area contributed by atoms with E-state index in [9.17, 15) is 4.79 Å². The average molecular weight is 223 g/mol. The van der Waals surface area contributed by atoms with E-state index in [2.05, 4.69) is 22.3 Å². The van der Waals surface area contributed by atoms with Crippen molar-refractivity contribution in [1.82, 2.24) is 15.4 Å². The molecule has 1 aromatic rings. The summed E-state index contributed by atoms with van der Waals surface area (Å²) < 4.78 is 0. The van der Waals surface area contributed by atoms with Crippen molar-refractivity contribution in [3.05, 3.63) is 11.9 Å². The second-order valence-electron chi connectivity index (χ2n) is 4.19. The number of hydrogen-bond donors (Lipinski definition) is 1. The third-order valence-corrected chi connectivity index (χ3v) is 2.88. The summed E-state index contributed by atoms with van der Waals surface area (Å²) >= 11 is 0. The molecular weight excluding hydrogens is 202 g/mol. The van der Waals surface area contributed by atoms with Gasteiger partial charge in [-0.1, -0.05) is 38.3 Å². The zero-order valence-electron chi connectivity index (χ0n) is 10.2. The third kappa shape index (κ3) is 4.13. The first-order valence-corrected chi connectivity index (χ1v) is 6.16. The minimum Gasteiger partial charge on any atom is -0.300 e. The molecule has 0 aromatic carbocycles. The van der Waals surface area contributed by atoms with Crippen molar-refractivity contribution in [2.45, 2.75) is 58.3 Å². The number of unbranched alkanes of at least 4 members (excludes halogenated alkanes) is 2. The molecule has 4 heteroatoms. The molecule has 1 atom stereocenters. The van der Waals surface area contributed by atoms with Gasteiger partial charge in [-0.2, -0.15) is 0 Å². The van der Waals surface area contributed by atoms with E-state index in [1.165, 1.54) is 12.8 Å². The van der Waals surface area contributed by atoms with Crippen LogP contribution in [-0.2, 0) is 4.79 Å². The van der Waals surface area contributed by atoms with E-state index >= 15 is 0 Å². The molecule has 0 aliphatic heterocycles. The molecule has 1 N–H and O–H groups in total. The van der Waals surface area contributed by atoms with E-state index < -0.39 is 0 Å². The standard InChI is InChI=1S/C12H21N3O/c1-3-5-6-7-10(8-11(16)4-2)12-9-13-15-14-12/h9-10H,3-8H2,1-2H3,(H,13,14,15). The van der Waals surface area contributed by atoms with E-state index in [1.807, 2.05) is 6.92 Å². The smallest absolute Gasteiger partial charge is 0.133 e. The molecule has 4 nitrogen and oxygen atoms in total. The van der Waals surface area contributed by atoms with Crippen LogP contribution in [0.3, 0.4) is 0 Å². The Kier molecular flexibility index (Phi) is 5.75. The molecule has 0 aliphatic carbocycles. The van der Waals surface area contributed by atoms with E-state index in [-0.39, 0.29) is 5.92 Å². The Bertz CT molecular complexity index is 295. The van der Waals surface area contributed by atoms with Gasteiger partial charge >= 0.3 is 0 Å². The van der Waals surface area contributed by atoms with Gasteiger partial charge in [-0.3, -0.25) is 9.89 Å². The lowest BCUT2D eigenvalue weighted by atomic mass is 9.92. The number of H-pyrrole nitrogens is 1. The lowest BCUT2D eigenvalue weighted by Crippen LogP contribution is -2.07. The molecule has 90 valence electrons. The summed E-state index contributed by atoms with van der Waals surface area (Å²) in [4.78, 5) is 11.5. The quantitative estimate of drug-likeness (QED) is 0.689. The van der Waals surface area contributed by atoms with Crippen LogP contribution in [0.5, 0.6) is 0 Å². The highest BCUT2D eigenvalue weighted by Crippen LogP contribution is 2.24. The summed E-state index contributed by atoms with van der Waals surface area (Å²) in [5.74, 6) is 0.558. The van der Waals surface area contributed by atoms with Crippen LogP contribution < -0.4 is 0 Å². The number of rotatable bonds is 8. The van der Waals surface area contributed by atoms with Gasteiger partial charge in [0.05, 0.1) is 5.69 Å². The van der Waals surface area contributed by atoms with Crippen LogP contribution in [-0.4, -0.2) is 21.2 Å². The molecule has 0 saturated heterocycles. The monoisotopic (exact) mass is 223 g/mol. The summed E-state index contributed by atoms with van der Waals surface area (Å²) in [6, 6.07) is 0. The summed E-state index contributed by atoms with van der Waals surface area (Å²) in [5.41, 5.74) is 0.929. The maximum atomic E-state index is 11.5. The maximum Gasteiger partial charge on any atom is 0.133 e. The number of nitrogens with one attached hydrogen (secondary N) is 1. The van der Waals surface area contributed by atoms with Gasteiger partial charge in [0, 0.05) is 25.0 Å². The lowest BCUT2D eigenvalue weighted by molar-refractivity contribution is -0.119. The Morgan fingerprint density at radius 2 is 2.25 bits per heavy atom. The molecule has 0 bridgehead atoms. The number of carbonyl (C=O) groups excluding carboxylic acids is 1. The number of aromatic amines is 1. The number of ketones is 1. The first kappa shape index (κ1) is 12.9. The van der Waals surface area contributed by atoms with Crippen LogP contribution in [0.2, 0.25) is 0 Å². The molecule has 0 aliphatic rings. The molecule has 0 saturated carbocycles. The fraction of sp³-hybridized carbons (Fsp3) is 0.750. The van der Waals surface area contributed by atoms with Gasteiger partial charge < -0.3 is 0 Å². The predicted octanol–water partition coefficient (Wildman–Crippen LogP) is 2.84. The van der Waals surface area contributed by atoms with Gasteiger partial charge in [0.1, 0.15) is 5.78 Å². The van der Waals surface area contributed by atoms with Gasteiger partial charge in [-0.05, 0) is 6.42 Å². The normalized spacial score (nSPS) is 12.6. The van der Waals surface area contributed by atoms with Crippen LogP contribution in [0.25, 0.3) is 0 Å². The van der Waals surface area contributed by atoms with Gasteiger partial charge in [-0.15, -0.1) is 5.10 Å². The predicted molar refractivity (Wildman–Crippen MR) is 63.2 cm³/mol. The van der Waals surface area contributed by atoms with E-state index in [0.717, 1.165) is 18.5 Å². The Morgan fingerprint density at radius 3 is 2.81 bits per heavy atom. The number of aromatic nitrogens is 3. The highest BCUT2D eigenvalue weighted by molar-refractivity contribution is 5.78. The minimum absolute atomic E-state index is 0.248. The highest BCUT2D eigenvalue weighted by Gasteiger charge is 2.17. The number of nitrogens with zero attached hydrogens (tertiary/aromatic N) is 2. The molecule has 0 amide bonds. The van der Waals surface area contributed by atoms with Crippen molar-refractivity contribution in [1.29, 1.82) is 0 Å². The van der Waals surface area contributed by atoms with E-state index in [4.69, 9.17) is 0 Å². The lowest BCUT2D eigenvalue weighted by Gasteiger charge is -2.12. The first-order chi connectivity index (χ1) is 7.77. The van der Waals surface area contributed by atoms with Crippen LogP contribution >= 0.6 is 0 Å². The molecule has 1 aromatic heterocycles. The number of carbonyl (C=O) groups is 1. The first-order valence-electron chi connectivity index (χ1n) is 6.16. The average Bonchev–Trinajstić information content (AvgIpc) is 2.81. The Labute approximate surface area is 96.8 Å². The van der Waals surface area contributed by atoms with Crippen molar-refractivity contribution >= 4 is 5.78 Å². The van der Waals surface area contributed by atoms with Crippen LogP contribution in [0.15, 0.2) is 6.20 Å². The topological polar surface area (TPSA) is 58.6 Å². The second-order valence-corrected chi connectivity index (χ2v) is 4.19. The minimum atomic E-state index is 0.248. The number of Topliss-reactive ketones (excluding diaryl/α,β-unsaturated/α-hetero) is 1. The van der Waals surface area contributed by atoms with Crippen molar-refractivity contribution < 1.29 is 4.79 Å². The summed E-state index contributed by atoms with van der Waals surface area (Å²) in [5, 5.41) is 10.5. The van der Waals surface area contributed by atoms with Crippen molar-refractivity contribution in [3.63, 3.8) is 0 Å². The molecule has 0 fully saturated rings. The molecule has 16 heavy (non-hydrogen) atoms. The van der Waals surface area contributed by atoms with Crippen LogP contribution in [0.1, 0.15) is 64.0 Å². The SMILES string of the molecule is CCCCCC(CC(=O)CC)c1c[nH]nn1. The molecular formula is C12H21N3O. The van der Waals surface area contributed by atoms with Crippen molar-refractivity contribution in [3.8, 4) is 0 Å². The van der Waals surface area contributed by atoms with Gasteiger partial charge in [0.2, 0.25) is 0 Å². The third-order valence-electron chi connectivity index (χ3n) is 2.88. The summed E-state index contributed by atoms with van der Waals surface area (Å²) in [6.45, 7) is 4.09. The summed E-state index contributed by atoms with van der Waals surface area (Å²) in [6.07, 6.45) is 7.63. The fourth-order valence-electron chi connectivity index (χ4n) is 1.82.